The van der Waals surface area contributed by atoms with Gasteiger partial charge in [0, 0.05) is 24.9 Å². The van der Waals surface area contributed by atoms with Crippen LogP contribution >= 0.6 is 0 Å². The molecule has 0 spiro atoms. The van der Waals surface area contributed by atoms with Gasteiger partial charge in [0.25, 0.3) is 0 Å². The smallest absolute Gasteiger partial charge is 0.0646 e. The van der Waals surface area contributed by atoms with Crippen molar-refractivity contribution >= 4 is 0 Å². The molecule has 1 saturated heterocycles. The highest BCUT2D eigenvalue weighted by atomic mass is 16.5. The van der Waals surface area contributed by atoms with Gasteiger partial charge in [0.15, 0.2) is 0 Å². The van der Waals surface area contributed by atoms with Crippen LogP contribution in [0.5, 0.6) is 0 Å². The van der Waals surface area contributed by atoms with Crippen LogP contribution in [-0.4, -0.2) is 23.7 Å². The van der Waals surface area contributed by atoms with Gasteiger partial charge in [-0.1, -0.05) is 6.07 Å². The first-order valence-electron chi connectivity index (χ1n) is 5.43. The maximum atomic E-state index is 5.40. The molecule has 3 nitrogen and oxygen atoms in total. The molecular formula is C12H18N2O. The lowest BCUT2D eigenvalue weighted by atomic mass is 10.0. The Morgan fingerprint density at radius 1 is 1.60 bits per heavy atom. The van der Waals surface area contributed by atoms with Crippen LogP contribution in [0.25, 0.3) is 0 Å². The van der Waals surface area contributed by atoms with E-state index in [2.05, 4.69) is 30.2 Å². The zero-order chi connectivity index (χ0) is 10.7. The lowest BCUT2D eigenvalue weighted by Gasteiger charge is -2.23. The molecule has 1 aromatic rings. The molecule has 0 bridgehead atoms. The first kappa shape index (κ1) is 10.6. The second kappa shape index (κ2) is 4.29. The highest BCUT2D eigenvalue weighted by Gasteiger charge is 2.28. The van der Waals surface area contributed by atoms with Crippen LogP contribution in [-0.2, 0) is 11.3 Å². The molecule has 1 unspecified atom stereocenters. The van der Waals surface area contributed by atoms with Gasteiger partial charge in [-0.15, -0.1) is 0 Å². The topological polar surface area (TPSA) is 34.2 Å². The summed E-state index contributed by atoms with van der Waals surface area (Å²) in [6.07, 6.45) is 2.93. The number of aromatic nitrogens is 1. The minimum atomic E-state index is 0.129. The summed E-state index contributed by atoms with van der Waals surface area (Å²) in [6, 6.07) is 4.07. The van der Waals surface area contributed by atoms with Crippen LogP contribution in [0, 0.1) is 6.92 Å². The molecule has 82 valence electrons. The summed E-state index contributed by atoms with van der Waals surface area (Å²) in [5.41, 5.74) is 2.50. The number of aryl methyl sites for hydroxylation is 1. The van der Waals surface area contributed by atoms with Crippen molar-refractivity contribution in [1.29, 1.82) is 0 Å². The summed E-state index contributed by atoms with van der Waals surface area (Å²) in [4.78, 5) is 4.37. The fourth-order valence-corrected chi connectivity index (χ4v) is 1.81. The minimum Gasteiger partial charge on any atom is -0.379 e. The average Bonchev–Trinajstić information content (AvgIpc) is 2.65. The Balaban J connectivity index is 1.95. The fourth-order valence-electron chi connectivity index (χ4n) is 1.81. The van der Waals surface area contributed by atoms with E-state index in [9.17, 15) is 0 Å². The van der Waals surface area contributed by atoms with Crippen LogP contribution in [0.1, 0.15) is 24.6 Å². The van der Waals surface area contributed by atoms with Gasteiger partial charge in [0.2, 0.25) is 0 Å². The first-order valence-corrected chi connectivity index (χ1v) is 5.43. The van der Waals surface area contributed by atoms with Crippen LogP contribution in [0.4, 0.5) is 0 Å². The summed E-state index contributed by atoms with van der Waals surface area (Å²) >= 11 is 0. The molecule has 0 amide bonds. The van der Waals surface area contributed by atoms with E-state index in [0.717, 1.165) is 31.9 Å². The highest BCUT2D eigenvalue weighted by molar-refractivity contribution is 5.17. The second-order valence-electron chi connectivity index (χ2n) is 4.48. The Bertz CT molecular complexity index is 332. The fraction of sp³-hybridized carbons (Fsp3) is 0.583. The molecule has 3 heteroatoms. The summed E-state index contributed by atoms with van der Waals surface area (Å²) in [5, 5.41) is 3.53. The summed E-state index contributed by atoms with van der Waals surface area (Å²) in [7, 11) is 0. The zero-order valence-corrected chi connectivity index (χ0v) is 9.42. The quantitative estimate of drug-likeness (QED) is 0.816. The molecular weight excluding hydrogens is 188 g/mol. The molecule has 1 fully saturated rings. The van der Waals surface area contributed by atoms with Crippen molar-refractivity contribution in [2.75, 3.05) is 13.2 Å². The van der Waals surface area contributed by atoms with Crippen molar-refractivity contribution in [3.63, 3.8) is 0 Å². The van der Waals surface area contributed by atoms with E-state index in [-0.39, 0.29) is 5.54 Å². The van der Waals surface area contributed by atoms with Crippen LogP contribution in [0.15, 0.2) is 18.3 Å². The number of rotatable bonds is 3. The Morgan fingerprint density at radius 3 is 3.13 bits per heavy atom. The van der Waals surface area contributed by atoms with Gasteiger partial charge in [0.05, 0.1) is 12.3 Å². The van der Waals surface area contributed by atoms with E-state index in [0.29, 0.717) is 0 Å². The zero-order valence-electron chi connectivity index (χ0n) is 9.42. The summed E-state index contributed by atoms with van der Waals surface area (Å²) < 4.78 is 5.40. The monoisotopic (exact) mass is 206 g/mol. The van der Waals surface area contributed by atoms with E-state index < -0.39 is 0 Å². The molecule has 1 N–H and O–H groups in total. The number of hydrogen-bond donors (Lipinski definition) is 1. The molecule has 0 saturated carbocycles. The van der Waals surface area contributed by atoms with E-state index >= 15 is 0 Å². The van der Waals surface area contributed by atoms with Crippen molar-refractivity contribution < 1.29 is 4.74 Å². The van der Waals surface area contributed by atoms with Crippen molar-refractivity contribution in [3.8, 4) is 0 Å². The van der Waals surface area contributed by atoms with Gasteiger partial charge in [0.1, 0.15) is 0 Å². The van der Waals surface area contributed by atoms with Gasteiger partial charge >= 0.3 is 0 Å². The standard InChI is InChI=1S/C12H18N2O/c1-10-4-3-6-13-11(10)8-14-12(2)5-7-15-9-12/h3-4,6,14H,5,7-9H2,1-2H3. The molecule has 1 aliphatic rings. The lowest BCUT2D eigenvalue weighted by molar-refractivity contribution is 0.171. The number of hydrogen-bond acceptors (Lipinski definition) is 3. The van der Waals surface area contributed by atoms with Gasteiger partial charge < -0.3 is 10.1 Å². The minimum absolute atomic E-state index is 0.129. The first-order chi connectivity index (χ1) is 7.20. The summed E-state index contributed by atoms with van der Waals surface area (Å²) in [5.74, 6) is 0. The van der Waals surface area contributed by atoms with E-state index in [1.807, 2.05) is 12.3 Å². The van der Waals surface area contributed by atoms with Crippen molar-refractivity contribution in [2.24, 2.45) is 0 Å². The summed E-state index contributed by atoms with van der Waals surface area (Å²) in [6.45, 7) is 6.80. The molecule has 1 aromatic heterocycles. The number of pyridine rings is 1. The van der Waals surface area contributed by atoms with Crippen LogP contribution in [0.2, 0.25) is 0 Å². The third kappa shape index (κ3) is 2.55. The predicted octanol–water partition coefficient (Wildman–Crippen LogP) is 1.66. The third-order valence-electron chi connectivity index (χ3n) is 3.02. The molecule has 1 aliphatic heterocycles. The van der Waals surface area contributed by atoms with E-state index in [1.165, 1.54) is 5.56 Å². The lowest BCUT2D eigenvalue weighted by Crippen LogP contribution is -2.42. The molecule has 1 atom stereocenters. The van der Waals surface area contributed by atoms with Gasteiger partial charge in [-0.25, -0.2) is 0 Å². The number of nitrogens with zero attached hydrogens (tertiary/aromatic N) is 1. The predicted molar refractivity (Wildman–Crippen MR) is 59.7 cm³/mol. The number of ether oxygens (including phenoxy) is 1. The van der Waals surface area contributed by atoms with Crippen LogP contribution in [0.3, 0.4) is 0 Å². The molecule has 2 rings (SSSR count). The Morgan fingerprint density at radius 2 is 2.47 bits per heavy atom. The SMILES string of the molecule is Cc1cccnc1CNC1(C)CCOC1. The van der Waals surface area contributed by atoms with Crippen molar-refractivity contribution in [3.05, 3.63) is 29.6 Å². The average molecular weight is 206 g/mol. The van der Waals surface area contributed by atoms with Gasteiger partial charge in [-0.2, -0.15) is 0 Å². The largest absolute Gasteiger partial charge is 0.379 e. The Labute approximate surface area is 90.9 Å². The Hall–Kier alpha value is -0.930. The maximum Gasteiger partial charge on any atom is 0.0646 e. The number of nitrogens with one attached hydrogen (secondary N) is 1. The molecule has 0 aromatic carbocycles. The van der Waals surface area contributed by atoms with Gasteiger partial charge in [-0.3, -0.25) is 4.98 Å². The molecule has 2 heterocycles. The van der Waals surface area contributed by atoms with E-state index in [4.69, 9.17) is 4.74 Å². The highest BCUT2D eigenvalue weighted by Crippen LogP contribution is 2.18. The third-order valence-corrected chi connectivity index (χ3v) is 3.02. The molecule has 0 radical (unpaired) electrons. The molecule has 0 aliphatic carbocycles. The van der Waals surface area contributed by atoms with E-state index in [1.54, 1.807) is 0 Å². The Kier molecular flexibility index (Phi) is 3.03. The van der Waals surface area contributed by atoms with Crippen LogP contribution < -0.4 is 5.32 Å². The normalized spacial score (nSPS) is 25.7. The van der Waals surface area contributed by atoms with Gasteiger partial charge in [-0.05, 0) is 31.9 Å². The van der Waals surface area contributed by atoms with Crippen molar-refractivity contribution in [2.45, 2.75) is 32.4 Å². The molecule has 15 heavy (non-hydrogen) atoms. The van der Waals surface area contributed by atoms with Crippen molar-refractivity contribution in [1.82, 2.24) is 10.3 Å². The maximum absolute atomic E-state index is 5.40. The second-order valence-corrected chi connectivity index (χ2v) is 4.48.